The van der Waals surface area contributed by atoms with Crippen LogP contribution in [0.4, 0.5) is 10.7 Å². The van der Waals surface area contributed by atoms with Crippen molar-refractivity contribution in [2.24, 2.45) is 0 Å². The van der Waals surface area contributed by atoms with Crippen LogP contribution in [-0.4, -0.2) is 4.92 Å². The van der Waals surface area contributed by atoms with E-state index in [0.29, 0.717) is 5.00 Å². The minimum Gasteiger partial charge on any atom is -0.390 e. The van der Waals surface area contributed by atoms with Crippen LogP contribution >= 0.6 is 27.3 Å². The molecule has 4 nitrogen and oxygen atoms in total. The highest BCUT2D eigenvalue weighted by molar-refractivity contribution is 9.10. The van der Waals surface area contributed by atoms with Crippen molar-refractivity contribution in [1.82, 2.24) is 0 Å². The fraction of sp³-hybridized carbons (Fsp3) is 0. The Morgan fingerprint density at radius 2 is 2.21 bits per heavy atom. The molecule has 2 rings (SSSR count). The van der Waals surface area contributed by atoms with Crippen LogP contribution < -0.4 is 5.73 Å². The normalized spacial score (nSPS) is 10.6. The van der Waals surface area contributed by atoms with E-state index in [4.69, 9.17) is 5.73 Å². The van der Waals surface area contributed by atoms with Crippen LogP contribution in [0.15, 0.2) is 22.7 Å². The summed E-state index contributed by atoms with van der Waals surface area (Å²) in [5, 5.41) is 12.1. The molecule has 0 aliphatic heterocycles. The number of nitrogens with two attached hydrogens (primary N) is 1. The molecular weight excluding hydrogens is 268 g/mol. The van der Waals surface area contributed by atoms with E-state index in [-0.39, 0.29) is 5.69 Å². The second-order valence-electron chi connectivity index (χ2n) is 2.72. The van der Waals surface area contributed by atoms with Crippen molar-refractivity contribution < 1.29 is 4.92 Å². The number of non-ortho nitro benzene ring substituents is 1. The van der Waals surface area contributed by atoms with Crippen molar-refractivity contribution in [2.45, 2.75) is 0 Å². The highest BCUT2D eigenvalue weighted by atomic mass is 79.9. The average molecular weight is 273 g/mol. The molecule has 0 fully saturated rings. The number of halogens is 1. The minimum atomic E-state index is -0.413. The van der Waals surface area contributed by atoms with Gasteiger partial charge >= 0.3 is 0 Å². The Hall–Kier alpha value is -1.14. The average Bonchev–Trinajstić information content (AvgIpc) is 2.42. The van der Waals surface area contributed by atoms with Gasteiger partial charge in [-0.15, -0.1) is 11.3 Å². The molecule has 0 aliphatic rings. The Morgan fingerprint density at radius 3 is 2.86 bits per heavy atom. The van der Waals surface area contributed by atoms with E-state index < -0.39 is 4.92 Å². The highest BCUT2D eigenvalue weighted by Gasteiger charge is 2.11. The fourth-order valence-electron chi connectivity index (χ4n) is 1.19. The smallest absolute Gasteiger partial charge is 0.270 e. The van der Waals surface area contributed by atoms with Crippen molar-refractivity contribution in [2.75, 3.05) is 5.73 Å². The second kappa shape index (κ2) is 3.21. The first-order valence-electron chi connectivity index (χ1n) is 3.71. The summed E-state index contributed by atoms with van der Waals surface area (Å²) in [4.78, 5) is 10.1. The van der Waals surface area contributed by atoms with E-state index in [2.05, 4.69) is 15.9 Å². The summed E-state index contributed by atoms with van der Waals surface area (Å²) >= 11 is 4.66. The summed E-state index contributed by atoms with van der Waals surface area (Å²) in [6, 6.07) is 4.70. The number of hydrogen-bond acceptors (Lipinski definition) is 4. The number of anilines is 1. The minimum absolute atomic E-state index is 0.0891. The van der Waals surface area contributed by atoms with Crippen LogP contribution in [0.25, 0.3) is 10.1 Å². The quantitative estimate of drug-likeness (QED) is 0.641. The number of hydrogen-bond donors (Lipinski definition) is 1. The number of fused-ring (bicyclic) bond motifs is 1. The van der Waals surface area contributed by atoms with Gasteiger partial charge in [0.2, 0.25) is 0 Å². The number of benzene rings is 1. The zero-order valence-corrected chi connectivity index (χ0v) is 9.26. The molecule has 1 heterocycles. The molecule has 2 aromatic rings. The predicted molar refractivity (Wildman–Crippen MR) is 60.6 cm³/mol. The lowest BCUT2D eigenvalue weighted by Crippen LogP contribution is -1.85. The van der Waals surface area contributed by atoms with Crippen LogP contribution in [0, 0.1) is 10.1 Å². The lowest BCUT2D eigenvalue weighted by molar-refractivity contribution is -0.384. The Balaban J connectivity index is 2.73. The van der Waals surface area contributed by atoms with E-state index in [1.807, 2.05) is 0 Å². The standard InChI is InChI=1S/C8H5BrN2O2S/c9-7-5-2-1-4(11(12)13)3-6(5)14-8(7)10/h1-3H,10H2. The lowest BCUT2D eigenvalue weighted by Gasteiger charge is -1.91. The number of nitrogens with zero attached hydrogens (tertiary/aromatic N) is 1. The number of nitro groups is 1. The van der Waals surface area contributed by atoms with Crippen molar-refractivity contribution >= 4 is 48.0 Å². The summed E-state index contributed by atoms with van der Waals surface area (Å²) in [6.07, 6.45) is 0. The Morgan fingerprint density at radius 1 is 1.50 bits per heavy atom. The first-order chi connectivity index (χ1) is 6.59. The van der Waals surface area contributed by atoms with Crippen molar-refractivity contribution in [3.8, 4) is 0 Å². The van der Waals surface area contributed by atoms with E-state index in [1.54, 1.807) is 6.07 Å². The number of nitrogen functional groups attached to an aromatic ring is 1. The first kappa shape index (κ1) is 9.42. The summed E-state index contributed by atoms with van der Waals surface area (Å²) < 4.78 is 1.64. The van der Waals surface area contributed by atoms with Gasteiger partial charge < -0.3 is 5.73 Å². The molecule has 2 N–H and O–H groups in total. The van der Waals surface area contributed by atoms with Crippen molar-refractivity contribution in [3.05, 3.63) is 32.8 Å². The maximum absolute atomic E-state index is 10.5. The molecular formula is C8H5BrN2O2S. The molecule has 0 spiro atoms. The van der Waals surface area contributed by atoms with E-state index in [1.165, 1.54) is 23.5 Å². The molecule has 0 unspecified atom stereocenters. The maximum atomic E-state index is 10.5. The summed E-state index contributed by atoms with van der Waals surface area (Å²) in [5.74, 6) is 0. The molecule has 72 valence electrons. The third-order valence-electron chi connectivity index (χ3n) is 1.85. The Labute approximate surface area is 91.6 Å². The molecule has 1 aromatic heterocycles. The van der Waals surface area contributed by atoms with Gasteiger partial charge in [0.05, 0.1) is 9.40 Å². The van der Waals surface area contributed by atoms with Gasteiger partial charge in [-0.05, 0) is 22.0 Å². The van der Waals surface area contributed by atoms with E-state index >= 15 is 0 Å². The van der Waals surface area contributed by atoms with Gasteiger partial charge in [-0.1, -0.05) is 0 Å². The van der Waals surface area contributed by atoms with Crippen molar-refractivity contribution in [3.63, 3.8) is 0 Å². The molecule has 14 heavy (non-hydrogen) atoms. The van der Waals surface area contributed by atoms with Crippen LogP contribution in [0.3, 0.4) is 0 Å². The van der Waals surface area contributed by atoms with E-state index in [9.17, 15) is 10.1 Å². The molecule has 0 radical (unpaired) electrons. The molecule has 0 amide bonds. The van der Waals surface area contributed by atoms with Crippen molar-refractivity contribution in [1.29, 1.82) is 0 Å². The predicted octanol–water partition coefficient (Wildman–Crippen LogP) is 3.15. The van der Waals surface area contributed by atoms with Gasteiger partial charge in [-0.2, -0.15) is 0 Å². The zero-order chi connectivity index (χ0) is 10.3. The third-order valence-corrected chi connectivity index (χ3v) is 3.95. The van der Waals surface area contributed by atoms with Crippen LogP contribution in [0.2, 0.25) is 0 Å². The number of nitro benzene ring substituents is 1. The van der Waals surface area contributed by atoms with Gasteiger partial charge in [0.1, 0.15) is 5.00 Å². The highest BCUT2D eigenvalue weighted by Crippen LogP contribution is 2.38. The summed E-state index contributed by atoms with van der Waals surface area (Å²) in [5.41, 5.74) is 5.77. The Kier molecular flexibility index (Phi) is 2.16. The summed E-state index contributed by atoms with van der Waals surface area (Å²) in [7, 11) is 0. The lowest BCUT2D eigenvalue weighted by atomic mass is 10.2. The molecule has 0 atom stereocenters. The van der Waals surface area contributed by atoms with Gasteiger partial charge in [0.25, 0.3) is 5.69 Å². The molecule has 0 saturated heterocycles. The molecule has 6 heteroatoms. The first-order valence-corrected chi connectivity index (χ1v) is 5.32. The van der Waals surface area contributed by atoms with E-state index in [0.717, 1.165) is 14.6 Å². The Bertz CT molecular complexity index is 523. The molecule has 0 aliphatic carbocycles. The van der Waals surface area contributed by atoms with Gasteiger partial charge in [0, 0.05) is 22.2 Å². The largest absolute Gasteiger partial charge is 0.390 e. The maximum Gasteiger partial charge on any atom is 0.270 e. The summed E-state index contributed by atoms with van der Waals surface area (Å²) in [6.45, 7) is 0. The fourth-order valence-corrected chi connectivity index (χ4v) is 2.80. The van der Waals surface area contributed by atoms with Gasteiger partial charge in [0.15, 0.2) is 0 Å². The third kappa shape index (κ3) is 1.36. The molecule has 0 saturated carbocycles. The number of rotatable bonds is 1. The molecule has 1 aromatic carbocycles. The topological polar surface area (TPSA) is 69.2 Å². The van der Waals surface area contributed by atoms with Gasteiger partial charge in [-0.25, -0.2) is 0 Å². The second-order valence-corrected chi connectivity index (χ2v) is 4.59. The monoisotopic (exact) mass is 272 g/mol. The zero-order valence-electron chi connectivity index (χ0n) is 6.86. The number of thiophene rings is 1. The van der Waals surface area contributed by atoms with Gasteiger partial charge in [-0.3, -0.25) is 10.1 Å². The van der Waals surface area contributed by atoms with Crippen LogP contribution in [0.5, 0.6) is 0 Å². The van der Waals surface area contributed by atoms with Crippen LogP contribution in [-0.2, 0) is 0 Å². The SMILES string of the molecule is Nc1sc2cc([N+](=O)[O-])ccc2c1Br. The molecule has 0 bridgehead atoms. The van der Waals surface area contributed by atoms with Crippen LogP contribution in [0.1, 0.15) is 0 Å².